The van der Waals surface area contributed by atoms with Gasteiger partial charge in [0.05, 0.1) is 5.92 Å². The molecule has 15 heavy (non-hydrogen) atoms. The van der Waals surface area contributed by atoms with E-state index in [0.29, 0.717) is 5.75 Å². The summed E-state index contributed by atoms with van der Waals surface area (Å²) in [5, 5.41) is 8.74. The van der Waals surface area contributed by atoms with Gasteiger partial charge in [-0.1, -0.05) is 6.92 Å². The highest BCUT2D eigenvalue weighted by molar-refractivity contribution is 7.99. The minimum atomic E-state index is -0.754. The van der Waals surface area contributed by atoms with Crippen LogP contribution in [0.15, 0.2) is 23.1 Å². The van der Waals surface area contributed by atoms with Crippen molar-refractivity contribution >= 4 is 23.4 Å². The van der Waals surface area contributed by atoms with Crippen LogP contribution in [0.4, 0.5) is 5.69 Å². The second kappa shape index (κ2) is 5.07. The maximum Gasteiger partial charge on any atom is 0.307 e. The van der Waals surface area contributed by atoms with Gasteiger partial charge in [0.25, 0.3) is 0 Å². The van der Waals surface area contributed by atoms with Crippen LogP contribution in [-0.2, 0) is 4.79 Å². The van der Waals surface area contributed by atoms with Crippen molar-refractivity contribution in [2.45, 2.75) is 18.7 Å². The normalized spacial score (nSPS) is 12.4. The third-order valence-electron chi connectivity index (χ3n) is 2.11. The Morgan fingerprint density at radius 1 is 1.60 bits per heavy atom. The first-order valence-electron chi connectivity index (χ1n) is 4.72. The number of rotatable bonds is 4. The summed E-state index contributed by atoms with van der Waals surface area (Å²) >= 11 is 1.56. The number of hydrogen-bond donors (Lipinski definition) is 2. The topological polar surface area (TPSA) is 63.3 Å². The minimum absolute atomic E-state index is 0.327. The number of nitrogen functional groups attached to an aromatic ring is 1. The summed E-state index contributed by atoms with van der Waals surface area (Å²) in [6.07, 6.45) is 0. The summed E-state index contributed by atoms with van der Waals surface area (Å²) < 4.78 is 0. The lowest BCUT2D eigenvalue weighted by Gasteiger charge is -2.08. The van der Waals surface area contributed by atoms with Crippen molar-refractivity contribution in [1.82, 2.24) is 0 Å². The van der Waals surface area contributed by atoms with Gasteiger partial charge in [0, 0.05) is 16.3 Å². The molecule has 0 aliphatic heterocycles. The fourth-order valence-electron chi connectivity index (χ4n) is 1.12. The molecule has 0 spiro atoms. The molecule has 0 aliphatic rings. The maximum atomic E-state index is 10.6. The first kappa shape index (κ1) is 11.9. The molecule has 0 saturated heterocycles. The van der Waals surface area contributed by atoms with Gasteiger partial charge in [0.1, 0.15) is 0 Å². The Morgan fingerprint density at radius 2 is 2.27 bits per heavy atom. The number of hydrogen-bond acceptors (Lipinski definition) is 3. The Hall–Kier alpha value is -1.16. The van der Waals surface area contributed by atoms with E-state index in [4.69, 9.17) is 10.8 Å². The van der Waals surface area contributed by atoms with Crippen LogP contribution >= 0.6 is 11.8 Å². The standard InChI is InChI=1S/C11H15NO2S/c1-7-5-9(12)3-4-10(7)15-6-8(2)11(13)14/h3-5,8H,6,12H2,1-2H3,(H,13,14). The van der Waals surface area contributed by atoms with E-state index < -0.39 is 5.97 Å². The van der Waals surface area contributed by atoms with Crippen LogP contribution < -0.4 is 5.73 Å². The Morgan fingerprint density at radius 3 is 2.80 bits per heavy atom. The third-order valence-corrected chi connectivity index (χ3v) is 3.55. The number of thioether (sulfide) groups is 1. The Balaban J connectivity index is 2.62. The van der Waals surface area contributed by atoms with Crippen LogP contribution in [0.5, 0.6) is 0 Å². The second-order valence-electron chi connectivity index (χ2n) is 3.58. The molecule has 1 atom stereocenters. The number of aliphatic carboxylic acids is 1. The predicted molar refractivity (Wildman–Crippen MR) is 63.1 cm³/mol. The summed E-state index contributed by atoms with van der Waals surface area (Å²) in [6, 6.07) is 5.67. The number of aryl methyl sites for hydroxylation is 1. The van der Waals surface area contributed by atoms with E-state index in [-0.39, 0.29) is 5.92 Å². The smallest absolute Gasteiger partial charge is 0.307 e. The zero-order chi connectivity index (χ0) is 11.4. The summed E-state index contributed by atoms with van der Waals surface area (Å²) in [5.74, 6) is -0.498. The molecule has 1 aromatic carbocycles. The summed E-state index contributed by atoms with van der Waals surface area (Å²) in [7, 11) is 0. The Labute approximate surface area is 93.7 Å². The molecule has 82 valence electrons. The molecule has 3 nitrogen and oxygen atoms in total. The van der Waals surface area contributed by atoms with E-state index in [1.165, 1.54) is 0 Å². The molecule has 0 bridgehead atoms. The molecule has 0 fully saturated rings. The monoisotopic (exact) mass is 225 g/mol. The highest BCUT2D eigenvalue weighted by Crippen LogP contribution is 2.25. The van der Waals surface area contributed by atoms with Crippen molar-refractivity contribution < 1.29 is 9.90 Å². The molecular formula is C11H15NO2S. The number of carboxylic acids is 1. The molecule has 4 heteroatoms. The minimum Gasteiger partial charge on any atom is -0.481 e. The van der Waals surface area contributed by atoms with Crippen LogP contribution in [-0.4, -0.2) is 16.8 Å². The largest absolute Gasteiger partial charge is 0.481 e. The number of anilines is 1. The van der Waals surface area contributed by atoms with E-state index in [1.54, 1.807) is 18.7 Å². The Bertz CT molecular complexity index is 366. The molecular weight excluding hydrogens is 210 g/mol. The molecule has 1 unspecified atom stereocenters. The number of nitrogens with two attached hydrogens (primary N) is 1. The van der Waals surface area contributed by atoms with Crippen molar-refractivity contribution in [3.63, 3.8) is 0 Å². The fraction of sp³-hybridized carbons (Fsp3) is 0.364. The van der Waals surface area contributed by atoms with Crippen molar-refractivity contribution in [2.24, 2.45) is 5.92 Å². The van der Waals surface area contributed by atoms with Gasteiger partial charge in [-0.15, -0.1) is 11.8 Å². The quantitative estimate of drug-likeness (QED) is 0.610. The molecule has 1 rings (SSSR count). The first-order valence-corrected chi connectivity index (χ1v) is 5.71. The van der Waals surface area contributed by atoms with Crippen LogP contribution in [0.1, 0.15) is 12.5 Å². The van der Waals surface area contributed by atoms with Crippen LogP contribution in [0.2, 0.25) is 0 Å². The van der Waals surface area contributed by atoms with E-state index in [1.807, 2.05) is 25.1 Å². The van der Waals surface area contributed by atoms with Gasteiger partial charge in [0.15, 0.2) is 0 Å². The highest BCUT2D eigenvalue weighted by Gasteiger charge is 2.11. The van der Waals surface area contributed by atoms with Crippen molar-refractivity contribution in [1.29, 1.82) is 0 Å². The number of carboxylic acid groups (broad SMARTS) is 1. The summed E-state index contributed by atoms with van der Waals surface area (Å²) in [4.78, 5) is 11.7. The average Bonchev–Trinajstić information content (AvgIpc) is 2.15. The Kier molecular flexibility index (Phi) is 4.03. The van der Waals surface area contributed by atoms with Crippen molar-refractivity contribution in [2.75, 3.05) is 11.5 Å². The second-order valence-corrected chi connectivity index (χ2v) is 4.64. The molecule has 1 aromatic rings. The van der Waals surface area contributed by atoms with Gasteiger partial charge in [0.2, 0.25) is 0 Å². The van der Waals surface area contributed by atoms with Crippen molar-refractivity contribution in [3.8, 4) is 0 Å². The SMILES string of the molecule is Cc1cc(N)ccc1SCC(C)C(=O)O. The molecule has 0 aromatic heterocycles. The zero-order valence-electron chi connectivity index (χ0n) is 8.86. The fourth-order valence-corrected chi connectivity index (χ4v) is 2.14. The van der Waals surface area contributed by atoms with E-state index in [2.05, 4.69) is 0 Å². The van der Waals surface area contributed by atoms with Gasteiger partial charge in [-0.2, -0.15) is 0 Å². The molecule has 0 radical (unpaired) electrons. The first-order chi connectivity index (χ1) is 7.00. The molecule has 0 heterocycles. The van der Waals surface area contributed by atoms with Crippen LogP contribution in [0.3, 0.4) is 0 Å². The maximum absolute atomic E-state index is 10.6. The van der Waals surface area contributed by atoms with Gasteiger partial charge >= 0.3 is 5.97 Å². The summed E-state index contributed by atoms with van der Waals surface area (Å²) in [6.45, 7) is 3.69. The van der Waals surface area contributed by atoms with Crippen LogP contribution in [0, 0.1) is 12.8 Å². The number of carbonyl (C=O) groups is 1. The van der Waals surface area contributed by atoms with Crippen LogP contribution in [0.25, 0.3) is 0 Å². The lowest BCUT2D eigenvalue weighted by atomic mass is 10.2. The zero-order valence-corrected chi connectivity index (χ0v) is 9.67. The van der Waals surface area contributed by atoms with E-state index in [9.17, 15) is 4.79 Å². The molecule has 3 N–H and O–H groups in total. The third kappa shape index (κ3) is 3.47. The van der Waals surface area contributed by atoms with E-state index in [0.717, 1.165) is 16.1 Å². The lowest BCUT2D eigenvalue weighted by molar-refractivity contribution is -0.140. The van der Waals surface area contributed by atoms with E-state index >= 15 is 0 Å². The molecule has 0 amide bonds. The van der Waals surface area contributed by atoms with Gasteiger partial charge in [-0.3, -0.25) is 4.79 Å². The van der Waals surface area contributed by atoms with Crippen molar-refractivity contribution in [3.05, 3.63) is 23.8 Å². The average molecular weight is 225 g/mol. The van der Waals surface area contributed by atoms with Gasteiger partial charge < -0.3 is 10.8 Å². The number of benzene rings is 1. The summed E-state index contributed by atoms with van der Waals surface area (Å²) in [5.41, 5.74) is 7.46. The lowest BCUT2D eigenvalue weighted by Crippen LogP contribution is -2.11. The molecule has 0 saturated carbocycles. The van der Waals surface area contributed by atoms with Gasteiger partial charge in [-0.05, 0) is 30.7 Å². The van der Waals surface area contributed by atoms with Gasteiger partial charge in [-0.25, -0.2) is 0 Å². The molecule has 0 aliphatic carbocycles. The predicted octanol–water partition coefficient (Wildman–Crippen LogP) is 2.39. The highest BCUT2D eigenvalue weighted by atomic mass is 32.2.